The second-order valence-corrected chi connectivity index (χ2v) is 20.4. The van der Waals surface area contributed by atoms with Crippen LogP contribution >= 0.6 is 11.7 Å². The number of hydrogen-bond donors (Lipinski definition) is 0. The fourth-order valence-corrected chi connectivity index (χ4v) is 12.3. The van der Waals surface area contributed by atoms with E-state index < -0.39 is 0 Å². The molecule has 310 valence electrons. The molecule has 8 atom stereocenters. The number of morpholine rings is 1. The molecular weight excluding hydrogens is 711 g/mol. The molecule has 1 aromatic heterocycles. The standard InChI is InChI=1S/C47H75BN4O3S/c1-33(2)16-15-17-35(30-48-52(45(5,6)7)31-38(53-10)32-55-44-43(49-56-50-44)51-24-26-54-27-25-51)42-36(28-34(3)4)29-47(9)40-22-21-37-18-13-14-23-46(37,8)39(40)19-11-12-20-41(42)47/h12,16,20,30,36-41H,3,11,13-15,17-19,21-29,31-32H2,1-2,4-10H3/b20-12?,42-35+. The van der Waals surface area contributed by atoms with E-state index in [0.29, 0.717) is 49.5 Å². The molecule has 4 fully saturated rings. The van der Waals surface area contributed by atoms with E-state index >= 15 is 0 Å². The molecule has 3 saturated carbocycles. The molecule has 2 heterocycles. The SMILES string of the molecule is C=C(C)CC1CC2(C)C(C=CCCC3C2CCC2CCCCC23C)/C1=C(/C=BN(CC(COc1nsnc1N1CCOCC1)OC)C(C)(C)C)CCC=C(C)C. The van der Waals surface area contributed by atoms with Crippen LogP contribution in [-0.2, 0) is 9.47 Å². The van der Waals surface area contributed by atoms with E-state index in [1.165, 1.54) is 86.2 Å². The predicted molar refractivity (Wildman–Crippen MR) is 237 cm³/mol. The van der Waals surface area contributed by atoms with Gasteiger partial charge in [-0.05, 0) is 0 Å². The number of methoxy groups -OCH3 is 1. The van der Waals surface area contributed by atoms with Crippen LogP contribution in [0.15, 0.2) is 47.1 Å². The van der Waals surface area contributed by atoms with Crippen molar-refractivity contribution in [3.05, 3.63) is 47.1 Å². The molecule has 5 aliphatic rings. The molecule has 0 radical (unpaired) electrons. The van der Waals surface area contributed by atoms with Gasteiger partial charge in [0.05, 0.1) is 0 Å². The fraction of sp³-hybridized carbons (Fsp3) is 0.766. The molecule has 9 heteroatoms. The molecule has 0 N–H and O–H groups in total. The maximum atomic E-state index is 6.35. The molecule has 56 heavy (non-hydrogen) atoms. The number of fused-ring (bicyclic) bond motifs is 5. The number of aromatic nitrogens is 2. The topological polar surface area (TPSA) is 60.0 Å². The van der Waals surface area contributed by atoms with Gasteiger partial charge in [-0.3, -0.25) is 0 Å². The van der Waals surface area contributed by atoms with Gasteiger partial charge in [-0.25, -0.2) is 0 Å². The molecule has 0 bridgehead atoms. The predicted octanol–water partition coefficient (Wildman–Crippen LogP) is 10.5. The Balaban J connectivity index is 1.32. The fourth-order valence-electron chi connectivity index (χ4n) is 11.8. The normalized spacial score (nSPS) is 32.0. The molecule has 1 aliphatic heterocycles. The zero-order valence-electron chi connectivity index (χ0n) is 36.7. The zero-order valence-corrected chi connectivity index (χ0v) is 37.5. The average Bonchev–Trinajstić information content (AvgIpc) is 3.72. The Labute approximate surface area is 346 Å². The first-order valence-electron chi connectivity index (χ1n) is 22.2. The molecule has 7 nitrogen and oxygen atoms in total. The molecule has 4 aliphatic carbocycles. The summed E-state index contributed by atoms with van der Waals surface area (Å²) in [6.45, 7) is 27.7. The third kappa shape index (κ3) is 9.79. The van der Waals surface area contributed by atoms with Crippen LogP contribution in [0.1, 0.15) is 132 Å². The van der Waals surface area contributed by atoms with Crippen LogP contribution in [0.4, 0.5) is 5.82 Å². The van der Waals surface area contributed by atoms with Crippen LogP contribution in [0, 0.1) is 40.4 Å². The van der Waals surface area contributed by atoms with Gasteiger partial charge in [0.15, 0.2) is 0 Å². The number of hydrogen-bond acceptors (Lipinski definition) is 8. The first-order valence-corrected chi connectivity index (χ1v) is 22.9. The summed E-state index contributed by atoms with van der Waals surface area (Å²) in [4.78, 5) is 4.67. The molecule has 0 spiro atoms. The third-order valence-electron chi connectivity index (χ3n) is 14.7. The maximum absolute atomic E-state index is 6.35. The molecule has 1 aromatic rings. The Kier molecular flexibility index (Phi) is 14.5. The summed E-state index contributed by atoms with van der Waals surface area (Å²) in [5, 5.41) is 0. The molecule has 1 saturated heterocycles. The first kappa shape index (κ1) is 43.4. The number of allylic oxidation sites excluding steroid dienone is 7. The van der Waals surface area contributed by atoms with Crippen molar-refractivity contribution in [3.8, 4) is 5.88 Å². The summed E-state index contributed by atoms with van der Waals surface area (Å²) < 4.78 is 27.1. The van der Waals surface area contributed by atoms with E-state index in [9.17, 15) is 0 Å². The van der Waals surface area contributed by atoms with Crippen LogP contribution in [0.3, 0.4) is 0 Å². The van der Waals surface area contributed by atoms with E-state index in [0.717, 1.165) is 55.9 Å². The van der Waals surface area contributed by atoms with Crippen molar-refractivity contribution >= 4 is 30.6 Å². The first-order chi connectivity index (χ1) is 26.7. The van der Waals surface area contributed by atoms with E-state index in [-0.39, 0.29) is 17.1 Å². The summed E-state index contributed by atoms with van der Waals surface area (Å²) in [6.07, 6.45) is 23.2. The van der Waals surface area contributed by atoms with E-state index in [4.69, 9.17) is 14.2 Å². The van der Waals surface area contributed by atoms with E-state index in [2.05, 4.69) is 112 Å². The van der Waals surface area contributed by atoms with Gasteiger partial charge in [0.2, 0.25) is 0 Å². The molecule has 8 unspecified atom stereocenters. The molecule has 0 aromatic carbocycles. The Morgan fingerprint density at radius 3 is 2.57 bits per heavy atom. The van der Waals surface area contributed by atoms with Gasteiger partial charge < -0.3 is 0 Å². The van der Waals surface area contributed by atoms with Crippen molar-refractivity contribution in [1.29, 1.82) is 0 Å². The quantitative estimate of drug-likeness (QED) is 0.137. The minimum absolute atomic E-state index is 0.118. The summed E-state index contributed by atoms with van der Waals surface area (Å²) in [7, 11) is 4.18. The number of anilines is 1. The van der Waals surface area contributed by atoms with Crippen molar-refractivity contribution in [2.45, 2.75) is 144 Å². The van der Waals surface area contributed by atoms with Gasteiger partial charge >= 0.3 is 347 Å². The Bertz CT molecular complexity index is 1600. The molecule has 6 rings (SSSR count). The van der Waals surface area contributed by atoms with Gasteiger partial charge in [-0.15, -0.1) is 0 Å². The van der Waals surface area contributed by atoms with E-state index in [1.54, 1.807) is 12.7 Å². The van der Waals surface area contributed by atoms with Crippen LogP contribution in [0.2, 0.25) is 0 Å². The van der Waals surface area contributed by atoms with Crippen molar-refractivity contribution in [1.82, 2.24) is 13.6 Å². The molecular formula is C47H75BN4O3S. The monoisotopic (exact) mass is 787 g/mol. The van der Waals surface area contributed by atoms with Crippen LogP contribution in [0.5, 0.6) is 5.88 Å². The van der Waals surface area contributed by atoms with Gasteiger partial charge in [0.25, 0.3) is 0 Å². The van der Waals surface area contributed by atoms with Gasteiger partial charge in [-0.1, -0.05) is 0 Å². The van der Waals surface area contributed by atoms with Crippen molar-refractivity contribution in [3.63, 3.8) is 0 Å². The van der Waals surface area contributed by atoms with Crippen molar-refractivity contribution in [2.24, 2.45) is 40.4 Å². The third-order valence-corrected chi connectivity index (χ3v) is 15.2. The van der Waals surface area contributed by atoms with Crippen LogP contribution < -0.4 is 9.64 Å². The average molecular weight is 787 g/mol. The number of ether oxygens (including phenoxy) is 3. The summed E-state index contributed by atoms with van der Waals surface area (Å²) in [5.41, 5.74) is 6.58. The number of nitrogens with zero attached hydrogens (tertiary/aromatic N) is 4. The van der Waals surface area contributed by atoms with Crippen LogP contribution in [0.25, 0.3) is 0 Å². The summed E-state index contributed by atoms with van der Waals surface area (Å²) in [5.74, 6) is 7.42. The van der Waals surface area contributed by atoms with Gasteiger partial charge in [-0.2, -0.15) is 0 Å². The molecule has 0 amide bonds. The van der Waals surface area contributed by atoms with E-state index in [1.807, 2.05) is 0 Å². The minimum atomic E-state index is -0.146. The zero-order chi connectivity index (χ0) is 40.1. The van der Waals surface area contributed by atoms with Crippen molar-refractivity contribution in [2.75, 3.05) is 51.5 Å². The summed E-state index contributed by atoms with van der Waals surface area (Å²) >= 11 is 1.20. The number of rotatable bonds is 14. The second kappa shape index (κ2) is 18.8. The summed E-state index contributed by atoms with van der Waals surface area (Å²) in [6, 6.07) is 0. The van der Waals surface area contributed by atoms with Gasteiger partial charge in [0.1, 0.15) is 0 Å². The Morgan fingerprint density at radius 1 is 1.09 bits per heavy atom. The van der Waals surface area contributed by atoms with Crippen LogP contribution in [-0.4, -0.2) is 84.8 Å². The van der Waals surface area contributed by atoms with Gasteiger partial charge in [0, 0.05) is 0 Å². The van der Waals surface area contributed by atoms with Crippen molar-refractivity contribution < 1.29 is 14.2 Å². The second-order valence-electron chi connectivity index (χ2n) is 19.9. The Hall–Kier alpha value is -2.23. The Morgan fingerprint density at radius 2 is 1.86 bits per heavy atom.